The zero-order valence-corrected chi connectivity index (χ0v) is 11.7. The third-order valence-corrected chi connectivity index (χ3v) is 4.02. The van der Waals surface area contributed by atoms with Crippen molar-refractivity contribution in [3.05, 3.63) is 64.7 Å². The fourth-order valence-corrected chi connectivity index (χ4v) is 3.04. The lowest BCUT2D eigenvalue weighted by Crippen LogP contribution is -2.11. The van der Waals surface area contributed by atoms with Gasteiger partial charge in [-0.15, -0.1) is 0 Å². The predicted molar refractivity (Wildman–Crippen MR) is 81.8 cm³/mol. The van der Waals surface area contributed by atoms with Crippen molar-refractivity contribution >= 4 is 17.3 Å². The monoisotopic (exact) mass is 271 g/mol. The first-order valence-corrected chi connectivity index (χ1v) is 7.30. The van der Waals surface area contributed by atoms with Crippen LogP contribution in [0, 0.1) is 0 Å². The van der Waals surface area contributed by atoms with Gasteiger partial charge in [0.15, 0.2) is 0 Å². The fourth-order valence-electron chi connectivity index (χ4n) is 2.85. The van der Waals surface area contributed by atoms with Crippen molar-refractivity contribution in [3.63, 3.8) is 0 Å². The highest BCUT2D eigenvalue weighted by Crippen LogP contribution is 2.31. The van der Waals surface area contributed by atoms with Gasteiger partial charge in [0.2, 0.25) is 0 Å². The molecule has 0 aromatic heterocycles. The Labute approximate surface area is 119 Å². The molecule has 98 valence electrons. The first-order chi connectivity index (χ1) is 9.33. The summed E-state index contributed by atoms with van der Waals surface area (Å²) >= 11 is 6.05. The fraction of sp³-hybridized carbons (Fsp3) is 0.294. The third kappa shape index (κ3) is 2.93. The van der Waals surface area contributed by atoms with E-state index in [1.165, 1.54) is 36.8 Å². The lowest BCUT2D eigenvalue weighted by atomic mass is 9.99. The summed E-state index contributed by atoms with van der Waals surface area (Å²) in [5, 5.41) is 4.42. The van der Waals surface area contributed by atoms with Crippen molar-refractivity contribution in [2.45, 2.75) is 31.7 Å². The minimum Gasteiger partial charge on any atom is -0.378 e. The van der Waals surface area contributed by atoms with Crippen LogP contribution in [0.1, 0.15) is 36.4 Å². The SMILES string of the molecule is Clc1cccc(NC2CCCCc3ccccc32)c1. The standard InChI is InChI=1S/C17H18ClN/c18-14-8-5-9-15(12-14)19-17-11-4-2-7-13-6-1-3-10-16(13)17/h1,3,5-6,8-10,12,17,19H,2,4,7,11H2. The molecule has 1 atom stereocenters. The zero-order chi connectivity index (χ0) is 13.1. The highest BCUT2D eigenvalue weighted by atomic mass is 35.5. The number of rotatable bonds is 2. The zero-order valence-electron chi connectivity index (χ0n) is 10.9. The Kier molecular flexibility index (Phi) is 3.74. The number of fused-ring (bicyclic) bond motifs is 1. The summed E-state index contributed by atoms with van der Waals surface area (Å²) in [5.41, 5.74) is 4.04. The Balaban J connectivity index is 1.88. The molecule has 1 N–H and O–H groups in total. The molecule has 2 aromatic rings. The van der Waals surface area contributed by atoms with Gasteiger partial charge in [0.1, 0.15) is 0 Å². The smallest absolute Gasteiger partial charge is 0.0516 e. The number of aryl methyl sites for hydroxylation is 1. The van der Waals surface area contributed by atoms with Crippen LogP contribution >= 0.6 is 11.6 Å². The van der Waals surface area contributed by atoms with Gasteiger partial charge in [-0.2, -0.15) is 0 Å². The van der Waals surface area contributed by atoms with E-state index in [9.17, 15) is 0 Å². The molecular formula is C17H18ClN. The normalized spacial score (nSPS) is 18.5. The second kappa shape index (κ2) is 5.66. The van der Waals surface area contributed by atoms with Crippen LogP contribution in [0.3, 0.4) is 0 Å². The summed E-state index contributed by atoms with van der Waals surface area (Å²) in [7, 11) is 0. The number of hydrogen-bond acceptors (Lipinski definition) is 1. The molecule has 0 radical (unpaired) electrons. The van der Waals surface area contributed by atoms with E-state index in [1.54, 1.807) is 0 Å². The number of halogens is 1. The molecule has 0 aliphatic heterocycles. The first kappa shape index (κ1) is 12.6. The molecular weight excluding hydrogens is 254 g/mol. The molecule has 0 amide bonds. The van der Waals surface area contributed by atoms with Gasteiger partial charge in [-0.1, -0.05) is 48.4 Å². The molecule has 1 unspecified atom stereocenters. The van der Waals surface area contributed by atoms with Gasteiger partial charge >= 0.3 is 0 Å². The van der Waals surface area contributed by atoms with Gasteiger partial charge in [-0.3, -0.25) is 0 Å². The van der Waals surface area contributed by atoms with Gasteiger partial charge in [0.05, 0.1) is 6.04 Å². The second-order valence-corrected chi connectivity index (χ2v) is 5.59. The van der Waals surface area contributed by atoms with E-state index < -0.39 is 0 Å². The molecule has 0 saturated carbocycles. The molecule has 0 spiro atoms. The van der Waals surface area contributed by atoms with E-state index in [0.717, 1.165) is 10.7 Å². The maximum absolute atomic E-state index is 6.05. The molecule has 1 nitrogen and oxygen atoms in total. The summed E-state index contributed by atoms with van der Waals surface area (Å²) in [4.78, 5) is 0. The van der Waals surface area contributed by atoms with Crippen LogP contribution in [0.4, 0.5) is 5.69 Å². The van der Waals surface area contributed by atoms with Gasteiger partial charge < -0.3 is 5.32 Å². The minimum atomic E-state index is 0.400. The molecule has 3 rings (SSSR count). The topological polar surface area (TPSA) is 12.0 Å². The summed E-state index contributed by atoms with van der Waals surface area (Å²) in [6, 6.07) is 17.2. The van der Waals surface area contributed by atoms with E-state index >= 15 is 0 Å². The van der Waals surface area contributed by atoms with Crippen molar-refractivity contribution in [1.29, 1.82) is 0 Å². The van der Waals surface area contributed by atoms with Crippen molar-refractivity contribution in [2.75, 3.05) is 5.32 Å². The summed E-state index contributed by atoms with van der Waals surface area (Å²) in [5.74, 6) is 0. The lowest BCUT2D eigenvalue weighted by Gasteiger charge is -2.20. The Morgan fingerprint density at radius 1 is 1.00 bits per heavy atom. The maximum atomic E-state index is 6.05. The molecule has 0 bridgehead atoms. The Morgan fingerprint density at radius 3 is 2.79 bits per heavy atom. The molecule has 2 aromatic carbocycles. The molecule has 19 heavy (non-hydrogen) atoms. The van der Waals surface area contributed by atoms with Crippen LogP contribution < -0.4 is 5.32 Å². The Morgan fingerprint density at radius 2 is 1.89 bits per heavy atom. The number of nitrogens with one attached hydrogen (secondary N) is 1. The highest BCUT2D eigenvalue weighted by molar-refractivity contribution is 6.30. The van der Waals surface area contributed by atoms with Crippen LogP contribution in [0.15, 0.2) is 48.5 Å². The van der Waals surface area contributed by atoms with E-state index in [1.807, 2.05) is 18.2 Å². The highest BCUT2D eigenvalue weighted by Gasteiger charge is 2.17. The van der Waals surface area contributed by atoms with E-state index in [4.69, 9.17) is 11.6 Å². The third-order valence-electron chi connectivity index (χ3n) is 3.78. The molecule has 1 aliphatic rings. The second-order valence-electron chi connectivity index (χ2n) is 5.15. The molecule has 1 aliphatic carbocycles. The molecule has 2 heteroatoms. The van der Waals surface area contributed by atoms with E-state index in [0.29, 0.717) is 6.04 Å². The predicted octanol–water partition coefficient (Wildman–Crippen LogP) is 5.22. The summed E-state index contributed by atoms with van der Waals surface area (Å²) in [6.07, 6.45) is 4.94. The Hall–Kier alpha value is -1.47. The molecule has 0 heterocycles. The van der Waals surface area contributed by atoms with Crippen LogP contribution in [0.25, 0.3) is 0 Å². The van der Waals surface area contributed by atoms with Crippen molar-refractivity contribution in [3.8, 4) is 0 Å². The van der Waals surface area contributed by atoms with Crippen LogP contribution in [0.5, 0.6) is 0 Å². The quantitative estimate of drug-likeness (QED) is 0.739. The average Bonchev–Trinajstić information content (AvgIpc) is 2.62. The maximum Gasteiger partial charge on any atom is 0.0516 e. The van der Waals surface area contributed by atoms with E-state index in [-0.39, 0.29) is 0 Å². The van der Waals surface area contributed by atoms with Gasteiger partial charge in [0.25, 0.3) is 0 Å². The summed E-state index contributed by atoms with van der Waals surface area (Å²) < 4.78 is 0. The van der Waals surface area contributed by atoms with Crippen molar-refractivity contribution < 1.29 is 0 Å². The minimum absolute atomic E-state index is 0.400. The van der Waals surface area contributed by atoms with Gasteiger partial charge in [0, 0.05) is 10.7 Å². The van der Waals surface area contributed by atoms with Crippen LogP contribution in [-0.2, 0) is 6.42 Å². The van der Waals surface area contributed by atoms with Gasteiger partial charge in [-0.25, -0.2) is 0 Å². The first-order valence-electron chi connectivity index (χ1n) is 6.93. The molecule has 0 saturated heterocycles. The van der Waals surface area contributed by atoms with Gasteiger partial charge in [-0.05, 0) is 48.6 Å². The molecule has 0 fully saturated rings. The lowest BCUT2D eigenvalue weighted by molar-refractivity contribution is 0.644. The van der Waals surface area contributed by atoms with Crippen molar-refractivity contribution in [1.82, 2.24) is 0 Å². The number of hydrogen-bond donors (Lipinski definition) is 1. The Bertz CT molecular complexity index is 565. The van der Waals surface area contributed by atoms with E-state index in [2.05, 4.69) is 35.6 Å². The van der Waals surface area contributed by atoms with Crippen LogP contribution in [-0.4, -0.2) is 0 Å². The average molecular weight is 272 g/mol. The number of benzene rings is 2. The van der Waals surface area contributed by atoms with Crippen LogP contribution in [0.2, 0.25) is 5.02 Å². The summed E-state index contributed by atoms with van der Waals surface area (Å²) in [6.45, 7) is 0. The van der Waals surface area contributed by atoms with Crippen molar-refractivity contribution in [2.24, 2.45) is 0 Å². The number of anilines is 1. The largest absolute Gasteiger partial charge is 0.378 e.